The number of rotatable bonds is 4. The number of carbonyl (C=O) groups is 2. The Morgan fingerprint density at radius 1 is 1.67 bits per heavy atom. The number of carboxylic acids is 1. The lowest BCUT2D eigenvalue weighted by Crippen LogP contribution is -2.48. The molecule has 3 atom stereocenters. The van der Waals surface area contributed by atoms with Crippen molar-refractivity contribution >= 4 is 11.9 Å². The molecule has 0 aromatic heterocycles. The predicted octanol–water partition coefficient (Wildman–Crippen LogP) is -1.34. The van der Waals surface area contributed by atoms with Crippen LogP contribution in [0.25, 0.3) is 0 Å². The Hall–Kier alpha value is -1.14. The maximum atomic E-state index is 11.4. The summed E-state index contributed by atoms with van der Waals surface area (Å²) < 4.78 is 0. The number of amides is 1. The fourth-order valence-electron chi connectivity index (χ4n) is 1.80. The molecule has 0 spiro atoms. The third-order valence-electron chi connectivity index (χ3n) is 2.54. The van der Waals surface area contributed by atoms with Crippen LogP contribution in [0.4, 0.5) is 0 Å². The molecule has 0 saturated carbocycles. The van der Waals surface area contributed by atoms with Gasteiger partial charge < -0.3 is 20.2 Å². The highest BCUT2D eigenvalue weighted by atomic mass is 16.4. The van der Waals surface area contributed by atoms with Crippen LogP contribution in [-0.4, -0.2) is 57.4 Å². The van der Waals surface area contributed by atoms with Gasteiger partial charge in [0.25, 0.3) is 0 Å². The van der Waals surface area contributed by atoms with Gasteiger partial charge in [0.2, 0.25) is 5.91 Å². The standard InChI is InChI=1S/C9H15NO5/c1-5(12)8(9(14)15)10-3-6(4-11)2-7(10)13/h5-6,8,11-12H,2-4H2,1H3,(H,14,15)/t5-,6?,8+/m0/s1. The van der Waals surface area contributed by atoms with Crippen LogP contribution in [0.15, 0.2) is 0 Å². The van der Waals surface area contributed by atoms with Crippen LogP contribution >= 0.6 is 0 Å². The first-order valence-electron chi connectivity index (χ1n) is 4.78. The molecule has 0 bridgehead atoms. The van der Waals surface area contributed by atoms with Crippen molar-refractivity contribution in [2.75, 3.05) is 13.2 Å². The van der Waals surface area contributed by atoms with Crippen LogP contribution in [0, 0.1) is 5.92 Å². The van der Waals surface area contributed by atoms with Gasteiger partial charge >= 0.3 is 5.97 Å². The van der Waals surface area contributed by atoms with Gasteiger partial charge in [0, 0.05) is 25.5 Å². The summed E-state index contributed by atoms with van der Waals surface area (Å²) in [6.45, 7) is 1.38. The van der Waals surface area contributed by atoms with Crippen LogP contribution in [0.1, 0.15) is 13.3 Å². The molecule has 0 aliphatic carbocycles. The molecule has 3 N–H and O–H groups in total. The highest BCUT2D eigenvalue weighted by molar-refractivity contribution is 5.85. The number of aliphatic hydroxyl groups is 2. The van der Waals surface area contributed by atoms with Crippen molar-refractivity contribution in [1.29, 1.82) is 0 Å². The minimum atomic E-state index is -1.23. The van der Waals surface area contributed by atoms with E-state index in [1.807, 2.05) is 0 Å². The third-order valence-corrected chi connectivity index (χ3v) is 2.54. The molecule has 1 fully saturated rings. The Labute approximate surface area is 87.1 Å². The molecular formula is C9H15NO5. The number of aliphatic hydroxyl groups excluding tert-OH is 2. The second-order valence-corrected chi connectivity index (χ2v) is 3.82. The number of carboxylic acid groups (broad SMARTS) is 1. The maximum Gasteiger partial charge on any atom is 0.329 e. The smallest absolute Gasteiger partial charge is 0.329 e. The third kappa shape index (κ3) is 2.45. The summed E-state index contributed by atoms with van der Waals surface area (Å²) >= 11 is 0. The zero-order chi connectivity index (χ0) is 11.6. The number of carbonyl (C=O) groups excluding carboxylic acids is 1. The lowest BCUT2D eigenvalue weighted by molar-refractivity contribution is -0.152. The molecule has 1 saturated heterocycles. The quantitative estimate of drug-likeness (QED) is 0.541. The fraction of sp³-hybridized carbons (Fsp3) is 0.778. The number of hydrogen-bond acceptors (Lipinski definition) is 4. The minimum Gasteiger partial charge on any atom is -0.480 e. The SMILES string of the molecule is C[C@H](O)[C@H](C(=O)O)N1CC(CO)CC1=O. The molecule has 1 aliphatic heterocycles. The Bertz CT molecular complexity index is 265. The first-order chi connectivity index (χ1) is 6.97. The summed E-state index contributed by atoms with van der Waals surface area (Å²) in [5.41, 5.74) is 0. The molecule has 6 heteroatoms. The van der Waals surface area contributed by atoms with Gasteiger partial charge in [0.15, 0.2) is 6.04 Å². The van der Waals surface area contributed by atoms with E-state index in [2.05, 4.69) is 0 Å². The van der Waals surface area contributed by atoms with Gasteiger partial charge in [0.05, 0.1) is 6.10 Å². The number of nitrogens with zero attached hydrogens (tertiary/aromatic N) is 1. The summed E-state index contributed by atoms with van der Waals surface area (Å²) in [6, 6.07) is -1.21. The Kier molecular flexibility index (Phi) is 3.65. The van der Waals surface area contributed by atoms with Crippen molar-refractivity contribution in [2.45, 2.75) is 25.5 Å². The van der Waals surface area contributed by atoms with Gasteiger partial charge in [-0.1, -0.05) is 0 Å². The van der Waals surface area contributed by atoms with Gasteiger partial charge in [-0.3, -0.25) is 4.79 Å². The van der Waals surface area contributed by atoms with E-state index in [1.54, 1.807) is 0 Å². The summed E-state index contributed by atoms with van der Waals surface area (Å²) in [6.07, 6.45) is -0.976. The zero-order valence-corrected chi connectivity index (χ0v) is 8.46. The van der Waals surface area contributed by atoms with Crippen LogP contribution in [0.2, 0.25) is 0 Å². The highest BCUT2D eigenvalue weighted by Crippen LogP contribution is 2.21. The highest BCUT2D eigenvalue weighted by Gasteiger charge is 2.39. The van der Waals surface area contributed by atoms with Gasteiger partial charge in [-0.2, -0.15) is 0 Å². The van der Waals surface area contributed by atoms with E-state index >= 15 is 0 Å². The first kappa shape index (κ1) is 11.9. The monoisotopic (exact) mass is 217 g/mol. The molecule has 0 aromatic carbocycles. The predicted molar refractivity (Wildman–Crippen MR) is 50.0 cm³/mol. The van der Waals surface area contributed by atoms with E-state index in [0.717, 1.165) is 4.90 Å². The second kappa shape index (κ2) is 4.59. The van der Waals surface area contributed by atoms with Crippen LogP contribution in [0.5, 0.6) is 0 Å². The molecule has 1 aliphatic rings. The van der Waals surface area contributed by atoms with E-state index in [9.17, 15) is 14.7 Å². The Morgan fingerprint density at radius 3 is 2.60 bits per heavy atom. The number of aliphatic carboxylic acids is 1. The fourth-order valence-corrected chi connectivity index (χ4v) is 1.80. The van der Waals surface area contributed by atoms with Crippen molar-refractivity contribution in [3.63, 3.8) is 0 Å². The van der Waals surface area contributed by atoms with Gasteiger partial charge in [0.1, 0.15) is 0 Å². The average molecular weight is 217 g/mol. The van der Waals surface area contributed by atoms with Gasteiger partial charge in [-0.25, -0.2) is 4.79 Å². The number of likely N-dealkylation sites (tertiary alicyclic amines) is 1. The first-order valence-corrected chi connectivity index (χ1v) is 4.78. The second-order valence-electron chi connectivity index (χ2n) is 3.82. The van der Waals surface area contributed by atoms with Crippen molar-refractivity contribution < 1.29 is 24.9 Å². The van der Waals surface area contributed by atoms with Crippen LogP contribution in [0.3, 0.4) is 0 Å². The normalized spacial score (nSPS) is 25.4. The summed E-state index contributed by atoms with van der Waals surface area (Å²) in [5, 5.41) is 27.0. The molecular weight excluding hydrogens is 202 g/mol. The van der Waals surface area contributed by atoms with E-state index < -0.39 is 18.1 Å². The molecule has 1 unspecified atom stereocenters. The van der Waals surface area contributed by atoms with Crippen LogP contribution < -0.4 is 0 Å². The Balaban J connectivity index is 2.77. The molecule has 0 aromatic rings. The van der Waals surface area contributed by atoms with E-state index in [0.29, 0.717) is 0 Å². The molecule has 0 radical (unpaired) electrons. The minimum absolute atomic E-state index is 0.144. The lowest BCUT2D eigenvalue weighted by Gasteiger charge is -2.26. The number of hydrogen-bond donors (Lipinski definition) is 3. The van der Waals surface area contributed by atoms with E-state index in [-0.39, 0.29) is 31.4 Å². The molecule has 1 rings (SSSR count). The average Bonchev–Trinajstić information content (AvgIpc) is 2.46. The summed E-state index contributed by atoms with van der Waals surface area (Å²) in [5.74, 6) is -1.78. The molecule has 6 nitrogen and oxygen atoms in total. The summed E-state index contributed by atoms with van der Waals surface area (Å²) in [4.78, 5) is 23.4. The topological polar surface area (TPSA) is 98.1 Å². The largest absolute Gasteiger partial charge is 0.480 e. The van der Waals surface area contributed by atoms with Crippen molar-refractivity contribution in [2.24, 2.45) is 5.92 Å². The van der Waals surface area contributed by atoms with Gasteiger partial charge in [-0.15, -0.1) is 0 Å². The Morgan fingerprint density at radius 2 is 2.27 bits per heavy atom. The lowest BCUT2D eigenvalue weighted by atomic mass is 10.1. The summed E-state index contributed by atoms with van der Waals surface area (Å²) in [7, 11) is 0. The zero-order valence-electron chi connectivity index (χ0n) is 8.46. The van der Waals surface area contributed by atoms with Crippen LogP contribution in [-0.2, 0) is 9.59 Å². The van der Waals surface area contributed by atoms with Gasteiger partial charge in [-0.05, 0) is 6.92 Å². The van der Waals surface area contributed by atoms with Crippen molar-refractivity contribution in [3.8, 4) is 0 Å². The molecule has 15 heavy (non-hydrogen) atoms. The van der Waals surface area contributed by atoms with E-state index in [4.69, 9.17) is 10.2 Å². The maximum absolute atomic E-state index is 11.4. The van der Waals surface area contributed by atoms with Crippen molar-refractivity contribution in [3.05, 3.63) is 0 Å². The molecule has 86 valence electrons. The van der Waals surface area contributed by atoms with E-state index in [1.165, 1.54) is 6.92 Å². The molecule has 1 heterocycles. The van der Waals surface area contributed by atoms with Crippen molar-refractivity contribution in [1.82, 2.24) is 4.90 Å². The molecule has 1 amide bonds.